The lowest BCUT2D eigenvalue weighted by atomic mass is 10.2. The second-order valence-electron chi connectivity index (χ2n) is 3.25. The molecule has 1 heterocycles. The van der Waals surface area contributed by atoms with Crippen molar-refractivity contribution in [3.63, 3.8) is 0 Å². The van der Waals surface area contributed by atoms with Gasteiger partial charge in [0.05, 0.1) is 6.04 Å². The van der Waals surface area contributed by atoms with Gasteiger partial charge in [0.15, 0.2) is 0 Å². The van der Waals surface area contributed by atoms with Crippen LogP contribution in [0.5, 0.6) is 0 Å². The number of aromatic amines is 1. The number of carbonyl (C=O) groups excluding carboxylic acids is 1. The van der Waals surface area contributed by atoms with Crippen molar-refractivity contribution in [3.05, 3.63) is 18.2 Å². The summed E-state index contributed by atoms with van der Waals surface area (Å²) in [5, 5.41) is 2.94. The van der Waals surface area contributed by atoms with Crippen LogP contribution in [0.4, 0.5) is 0 Å². The molecular formula is C10H17N3O. The molecule has 78 valence electrons. The normalized spacial score (nSPS) is 12.4. The van der Waals surface area contributed by atoms with E-state index in [4.69, 9.17) is 0 Å². The number of amides is 1. The molecular weight excluding hydrogens is 178 g/mol. The number of aromatic nitrogens is 2. The van der Waals surface area contributed by atoms with E-state index in [0.717, 1.165) is 18.7 Å². The Kier molecular flexibility index (Phi) is 4.16. The minimum absolute atomic E-state index is 0.0176. The lowest BCUT2D eigenvalue weighted by Crippen LogP contribution is -2.28. The third-order valence-electron chi connectivity index (χ3n) is 2.07. The molecule has 1 aromatic rings. The molecule has 0 fully saturated rings. The molecule has 1 aromatic heterocycles. The Morgan fingerprint density at radius 3 is 2.93 bits per heavy atom. The van der Waals surface area contributed by atoms with Crippen LogP contribution in [0.25, 0.3) is 0 Å². The predicted octanol–water partition coefficient (Wildman–Crippen LogP) is 1.78. The summed E-state index contributed by atoms with van der Waals surface area (Å²) in [4.78, 5) is 18.5. The molecule has 0 radical (unpaired) electrons. The average molecular weight is 195 g/mol. The molecule has 1 amide bonds. The maximum absolute atomic E-state index is 11.4. The van der Waals surface area contributed by atoms with Crippen molar-refractivity contribution < 1.29 is 4.79 Å². The van der Waals surface area contributed by atoms with E-state index in [2.05, 4.69) is 15.3 Å². The summed E-state index contributed by atoms with van der Waals surface area (Å²) < 4.78 is 0. The standard InChI is InChI=1S/C10H17N3O/c1-3-5-9(14)13-8(4-2)10-11-6-7-12-10/h6-8H,3-5H2,1-2H3,(H,11,12)(H,13,14). The second-order valence-corrected chi connectivity index (χ2v) is 3.25. The number of nitrogens with one attached hydrogen (secondary N) is 2. The highest BCUT2D eigenvalue weighted by Gasteiger charge is 2.13. The zero-order chi connectivity index (χ0) is 10.4. The quantitative estimate of drug-likeness (QED) is 0.752. The van der Waals surface area contributed by atoms with Crippen LogP contribution in [0.1, 0.15) is 45.0 Å². The van der Waals surface area contributed by atoms with E-state index in [1.807, 2.05) is 13.8 Å². The number of carbonyl (C=O) groups is 1. The molecule has 0 aliphatic heterocycles. The molecule has 0 aliphatic carbocycles. The monoisotopic (exact) mass is 195 g/mol. The topological polar surface area (TPSA) is 57.8 Å². The van der Waals surface area contributed by atoms with E-state index < -0.39 is 0 Å². The lowest BCUT2D eigenvalue weighted by Gasteiger charge is -2.14. The van der Waals surface area contributed by atoms with Gasteiger partial charge in [-0.2, -0.15) is 0 Å². The van der Waals surface area contributed by atoms with Gasteiger partial charge in [-0.25, -0.2) is 4.98 Å². The lowest BCUT2D eigenvalue weighted by molar-refractivity contribution is -0.121. The van der Waals surface area contributed by atoms with E-state index in [1.54, 1.807) is 12.4 Å². The van der Waals surface area contributed by atoms with E-state index in [-0.39, 0.29) is 11.9 Å². The Hall–Kier alpha value is -1.32. The van der Waals surface area contributed by atoms with Gasteiger partial charge in [0.1, 0.15) is 5.82 Å². The van der Waals surface area contributed by atoms with Crippen LogP contribution in [-0.2, 0) is 4.79 Å². The maximum atomic E-state index is 11.4. The molecule has 1 atom stereocenters. The molecule has 0 saturated carbocycles. The number of hydrogen-bond acceptors (Lipinski definition) is 2. The molecule has 0 spiro atoms. The molecule has 0 aliphatic rings. The maximum Gasteiger partial charge on any atom is 0.220 e. The first-order chi connectivity index (χ1) is 6.77. The van der Waals surface area contributed by atoms with Gasteiger partial charge < -0.3 is 10.3 Å². The van der Waals surface area contributed by atoms with Gasteiger partial charge in [-0.05, 0) is 12.8 Å². The zero-order valence-corrected chi connectivity index (χ0v) is 8.71. The fourth-order valence-corrected chi connectivity index (χ4v) is 1.33. The summed E-state index contributed by atoms with van der Waals surface area (Å²) in [6.07, 6.45) is 5.77. The summed E-state index contributed by atoms with van der Waals surface area (Å²) in [7, 11) is 0. The van der Waals surface area contributed by atoms with Gasteiger partial charge >= 0.3 is 0 Å². The van der Waals surface area contributed by atoms with Crippen LogP contribution in [0, 0.1) is 0 Å². The van der Waals surface area contributed by atoms with Crippen molar-refractivity contribution in [2.24, 2.45) is 0 Å². The third-order valence-corrected chi connectivity index (χ3v) is 2.07. The Labute approximate surface area is 84.1 Å². The minimum Gasteiger partial charge on any atom is -0.347 e. The molecule has 1 rings (SSSR count). The van der Waals surface area contributed by atoms with Gasteiger partial charge in [-0.15, -0.1) is 0 Å². The minimum atomic E-state index is 0.0176. The van der Waals surface area contributed by atoms with Crippen molar-refractivity contribution in [1.82, 2.24) is 15.3 Å². The van der Waals surface area contributed by atoms with Crippen LogP contribution in [-0.4, -0.2) is 15.9 Å². The molecule has 4 heteroatoms. The molecule has 4 nitrogen and oxygen atoms in total. The van der Waals surface area contributed by atoms with Crippen molar-refractivity contribution in [3.8, 4) is 0 Å². The Balaban J connectivity index is 2.51. The molecule has 2 N–H and O–H groups in total. The van der Waals surface area contributed by atoms with E-state index in [1.165, 1.54) is 0 Å². The van der Waals surface area contributed by atoms with Crippen LogP contribution in [0.3, 0.4) is 0 Å². The fraction of sp³-hybridized carbons (Fsp3) is 0.600. The van der Waals surface area contributed by atoms with Gasteiger partial charge in [-0.1, -0.05) is 13.8 Å². The highest BCUT2D eigenvalue weighted by atomic mass is 16.1. The highest BCUT2D eigenvalue weighted by Crippen LogP contribution is 2.11. The van der Waals surface area contributed by atoms with Crippen molar-refractivity contribution in [2.75, 3.05) is 0 Å². The van der Waals surface area contributed by atoms with Crippen molar-refractivity contribution >= 4 is 5.91 Å². The SMILES string of the molecule is CCCC(=O)NC(CC)c1ncc[nH]1. The van der Waals surface area contributed by atoms with Gasteiger partial charge in [0.2, 0.25) is 5.91 Å². The Morgan fingerprint density at radius 2 is 2.43 bits per heavy atom. The molecule has 1 unspecified atom stereocenters. The van der Waals surface area contributed by atoms with Crippen molar-refractivity contribution in [2.45, 2.75) is 39.2 Å². The van der Waals surface area contributed by atoms with E-state index >= 15 is 0 Å². The third kappa shape index (κ3) is 2.87. The van der Waals surface area contributed by atoms with Crippen LogP contribution in [0.2, 0.25) is 0 Å². The van der Waals surface area contributed by atoms with Gasteiger partial charge in [-0.3, -0.25) is 4.79 Å². The fourth-order valence-electron chi connectivity index (χ4n) is 1.33. The first-order valence-corrected chi connectivity index (χ1v) is 5.06. The number of H-pyrrole nitrogens is 1. The highest BCUT2D eigenvalue weighted by molar-refractivity contribution is 5.76. The Morgan fingerprint density at radius 1 is 1.64 bits per heavy atom. The van der Waals surface area contributed by atoms with Crippen LogP contribution >= 0.6 is 0 Å². The van der Waals surface area contributed by atoms with E-state index in [9.17, 15) is 4.79 Å². The smallest absolute Gasteiger partial charge is 0.220 e. The molecule has 0 saturated heterocycles. The molecule has 0 bridgehead atoms. The Bertz CT molecular complexity index is 269. The molecule has 0 aromatic carbocycles. The number of hydrogen-bond donors (Lipinski definition) is 2. The first kappa shape index (κ1) is 10.8. The predicted molar refractivity (Wildman–Crippen MR) is 54.7 cm³/mol. The summed E-state index contributed by atoms with van der Waals surface area (Å²) in [6.45, 7) is 4.02. The summed E-state index contributed by atoms with van der Waals surface area (Å²) in [5.74, 6) is 0.924. The number of imidazole rings is 1. The van der Waals surface area contributed by atoms with Crippen LogP contribution < -0.4 is 5.32 Å². The number of rotatable bonds is 5. The number of nitrogens with zero attached hydrogens (tertiary/aromatic N) is 1. The first-order valence-electron chi connectivity index (χ1n) is 5.06. The van der Waals surface area contributed by atoms with Gasteiger partial charge in [0.25, 0.3) is 0 Å². The van der Waals surface area contributed by atoms with E-state index in [0.29, 0.717) is 6.42 Å². The zero-order valence-electron chi connectivity index (χ0n) is 8.71. The van der Waals surface area contributed by atoms with Gasteiger partial charge in [0, 0.05) is 18.8 Å². The average Bonchev–Trinajstić information content (AvgIpc) is 2.67. The largest absolute Gasteiger partial charge is 0.347 e. The summed E-state index contributed by atoms with van der Waals surface area (Å²) in [5.41, 5.74) is 0. The van der Waals surface area contributed by atoms with Crippen molar-refractivity contribution in [1.29, 1.82) is 0 Å². The summed E-state index contributed by atoms with van der Waals surface area (Å²) in [6, 6.07) is 0.0176. The van der Waals surface area contributed by atoms with Crippen LogP contribution in [0.15, 0.2) is 12.4 Å². The summed E-state index contributed by atoms with van der Waals surface area (Å²) >= 11 is 0. The molecule has 14 heavy (non-hydrogen) atoms. The second kappa shape index (κ2) is 5.42.